The van der Waals surface area contributed by atoms with Crippen LogP contribution in [0.3, 0.4) is 0 Å². The Bertz CT molecular complexity index is 1100. The second-order valence-corrected chi connectivity index (χ2v) is 8.03. The number of hydrogen-bond donors (Lipinski definition) is 1. The summed E-state index contributed by atoms with van der Waals surface area (Å²) in [6.07, 6.45) is 0. The van der Waals surface area contributed by atoms with Gasteiger partial charge in [-0.2, -0.15) is 0 Å². The van der Waals surface area contributed by atoms with Crippen LogP contribution >= 0.6 is 11.8 Å². The van der Waals surface area contributed by atoms with Gasteiger partial charge in [-0.3, -0.25) is 14.5 Å². The number of benzene rings is 3. The number of carbonyl (C=O) groups excluding carboxylic acids is 2. The van der Waals surface area contributed by atoms with Gasteiger partial charge in [-0.1, -0.05) is 18.2 Å². The van der Waals surface area contributed by atoms with Crippen LogP contribution in [0, 0.1) is 18.6 Å². The summed E-state index contributed by atoms with van der Waals surface area (Å²) in [7, 11) is 0. The Kier molecular flexibility index (Phi) is 5.55. The lowest BCUT2D eigenvalue weighted by Gasteiger charge is -2.25. The monoisotopic (exact) mass is 424 g/mol. The molecule has 0 saturated carbocycles. The average Bonchev–Trinajstić information content (AvgIpc) is 3.12. The predicted octanol–water partition coefficient (Wildman–Crippen LogP) is 5.30. The standard InChI is InChI=1S/C23H18F2N2O2S/c1-14-2-11-19(25)20(12-14)27-21(28)13-30-23(27)16-5-9-18(10-6-16)26-22(29)15-3-7-17(24)8-4-15/h2-12,23H,13H2,1H3,(H,26,29)/t23-/m0/s1. The molecule has 3 aromatic carbocycles. The van der Waals surface area contributed by atoms with Crippen molar-refractivity contribution in [3.8, 4) is 0 Å². The fourth-order valence-electron chi connectivity index (χ4n) is 3.27. The lowest BCUT2D eigenvalue weighted by molar-refractivity contribution is -0.115. The Labute approximate surface area is 176 Å². The van der Waals surface area contributed by atoms with Crippen molar-refractivity contribution in [1.29, 1.82) is 0 Å². The number of aryl methyl sites for hydroxylation is 1. The van der Waals surface area contributed by atoms with Gasteiger partial charge in [0.05, 0.1) is 11.4 Å². The van der Waals surface area contributed by atoms with Crippen LogP contribution in [0.1, 0.15) is 26.9 Å². The maximum atomic E-state index is 14.4. The molecule has 3 aromatic rings. The Balaban J connectivity index is 1.54. The van der Waals surface area contributed by atoms with Crippen molar-refractivity contribution in [2.45, 2.75) is 12.3 Å². The minimum absolute atomic E-state index is 0.150. The molecule has 1 aliphatic heterocycles. The fourth-order valence-corrected chi connectivity index (χ4v) is 4.44. The highest BCUT2D eigenvalue weighted by atomic mass is 32.2. The van der Waals surface area contributed by atoms with Crippen LogP contribution in [0.5, 0.6) is 0 Å². The molecule has 4 rings (SSSR count). The molecule has 4 nitrogen and oxygen atoms in total. The van der Waals surface area contributed by atoms with E-state index in [1.165, 1.54) is 47.0 Å². The third-order valence-electron chi connectivity index (χ3n) is 4.79. The lowest BCUT2D eigenvalue weighted by atomic mass is 10.1. The number of anilines is 2. The van der Waals surface area contributed by atoms with E-state index in [0.29, 0.717) is 11.3 Å². The highest BCUT2D eigenvalue weighted by Gasteiger charge is 2.35. The van der Waals surface area contributed by atoms with E-state index in [9.17, 15) is 18.4 Å². The van der Waals surface area contributed by atoms with Crippen molar-refractivity contribution < 1.29 is 18.4 Å². The van der Waals surface area contributed by atoms with E-state index < -0.39 is 11.6 Å². The van der Waals surface area contributed by atoms with Gasteiger partial charge >= 0.3 is 0 Å². The molecule has 0 spiro atoms. The molecule has 0 bridgehead atoms. The summed E-state index contributed by atoms with van der Waals surface area (Å²) in [6.45, 7) is 1.85. The van der Waals surface area contributed by atoms with Gasteiger partial charge in [0.25, 0.3) is 5.91 Å². The molecule has 1 aliphatic rings. The second-order valence-electron chi connectivity index (χ2n) is 6.96. The van der Waals surface area contributed by atoms with E-state index in [1.807, 2.05) is 6.92 Å². The van der Waals surface area contributed by atoms with Crippen molar-refractivity contribution >= 4 is 35.0 Å². The highest BCUT2D eigenvalue weighted by Crippen LogP contribution is 2.43. The third-order valence-corrected chi connectivity index (χ3v) is 6.00. The van der Waals surface area contributed by atoms with Crippen LogP contribution in [0.4, 0.5) is 20.2 Å². The Morgan fingerprint density at radius 3 is 2.43 bits per heavy atom. The molecule has 0 aliphatic carbocycles. The zero-order valence-corrected chi connectivity index (χ0v) is 16.9. The molecule has 0 radical (unpaired) electrons. The maximum absolute atomic E-state index is 14.4. The van der Waals surface area contributed by atoms with E-state index in [4.69, 9.17) is 0 Å². The van der Waals surface area contributed by atoms with Crippen LogP contribution in [0.15, 0.2) is 66.7 Å². The van der Waals surface area contributed by atoms with Crippen molar-refractivity contribution in [2.75, 3.05) is 16.0 Å². The smallest absolute Gasteiger partial charge is 0.255 e. The molecule has 30 heavy (non-hydrogen) atoms. The summed E-state index contributed by atoms with van der Waals surface area (Å²) >= 11 is 1.43. The fraction of sp³-hybridized carbons (Fsp3) is 0.130. The SMILES string of the molecule is Cc1ccc(F)c(N2C(=O)CS[C@H]2c2ccc(NC(=O)c3ccc(F)cc3)cc2)c1. The van der Waals surface area contributed by atoms with Crippen LogP contribution in [0.2, 0.25) is 0 Å². The molecule has 7 heteroatoms. The largest absolute Gasteiger partial charge is 0.322 e. The third kappa shape index (κ3) is 4.07. The summed E-state index contributed by atoms with van der Waals surface area (Å²) in [5.41, 5.74) is 2.87. The van der Waals surface area contributed by atoms with E-state index in [1.54, 1.807) is 36.4 Å². The second kappa shape index (κ2) is 8.28. The quantitative estimate of drug-likeness (QED) is 0.618. The van der Waals surface area contributed by atoms with Crippen molar-refractivity contribution in [1.82, 2.24) is 0 Å². The molecule has 2 amide bonds. The summed E-state index contributed by atoms with van der Waals surface area (Å²) < 4.78 is 27.4. The predicted molar refractivity (Wildman–Crippen MR) is 115 cm³/mol. The molecular weight excluding hydrogens is 406 g/mol. The molecule has 1 atom stereocenters. The van der Waals surface area contributed by atoms with Crippen LogP contribution in [-0.4, -0.2) is 17.6 Å². The van der Waals surface area contributed by atoms with E-state index >= 15 is 0 Å². The first-order valence-electron chi connectivity index (χ1n) is 9.29. The first kappa shape index (κ1) is 20.1. The summed E-state index contributed by atoms with van der Waals surface area (Å²) in [4.78, 5) is 26.2. The van der Waals surface area contributed by atoms with Crippen molar-refractivity contribution in [3.05, 3.63) is 95.1 Å². The Morgan fingerprint density at radius 2 is 1.73 bits per heavy atom. The molecule has 1 saturated heterocycles. The number of carbonyl (C=O) groups is 2. The topological polar surface area (TPSA) is 49.4 Å². The molecule has 1 N–H and O–H groups in total. The van der Waals surface area contributed by atoms with E-state index in [2.05, 4.69) is 5.32 Å². The van der Waals surface area contributed by atoms with Crippen LogP contribution in [-0.2, 0) is 4.79 Å². The zero-order valence-electron chi connectivity index (χ0n) is 16.1. The Hall–Kier alpha value is -3.19. The Morgan fingerprint density at radius 1 is 1.03 bits per heavy atom. The molecule has 0 unspecified atom stereocenters. The minimum Gasteiger partial charge on any atom is -0.322 e. The number of thioether (sulfide) groups is 1. The molecule has 1 heterocycles. The van der Waals surface area contributed by atoms with Gasteiger partial charge in [-0.05, 0) is 66.6 Å². The van der Waals surface area contributed by atoms with Crippen LogP contribution in [0.25, 0.3) is 0 Å². The number of halogens is 2. The van der Waals surface area contributed by atoms with E-state index in [-0.39, 0.29) is 28.6 Å². The van der Waals surface area contributed by atoms with Gasteiger partial charge in [0, 0.05) is 11.3 Å². The van der Waals surface area contributed by atoms with Gasteiger partial charge in [0.2, 0.25) is 5.91 Å². The minimum atomic E-state index is -0.440. The van der Waals surface area contributed by atoms with Crippen LogP contribution < -0.4 is 10.2 Å². The average molecular weight is 424 g/mol. The van der Waals surface area contributed by atoms with Crippen molar-refractivity contribution in [2.24, 2.45) is 0 Å². The van der Waals surface area contributed by atoms with Gasteiger partial charge in [-0.25, -0.2) is 8.78 Å². The van der Waals surface area contributed by atoms with Crippen molar-refractivity contribution in [3.63, 3.8) is 0 Å². The van der Waals surface area contributed by atoms with E-state index in [0.717, 1.165) is 11.1 Å². The van der Waals surface area contributed by atoms with Gasteiger partial charge in [0.15, 0.2) is 0 Å². The number of hydrogen-bond acceptors (Lipinski definition) is 3. The zero-order chi connectivity index (χ0) is 21.3. The van der Waals surface area contributed by atoms with Gasteiger partial charge in [-0.15, -0.1) is 11.8 Å². The first-order chi connectivity index (χ1) is 14.4. The maximum Gasteiger partial charge on any atom is 0.255 e. The molecular formula is C23H18F2N2O2S. The molecule has 0 aromatic heterocycles. The summed E-state index contributed by atoms with van der Waals surface area (Å²) in [5.74, 6) is -1.08. The van der Waals surface area contributed by atoms with Gasteiger partial charge < -0.3 is 5.32 Å². The number of nitrogens with zero attached hydrogens (tertiary/aromatic N) is 1. The summed E-state index contributed by atoms with van der Waals surface area (Å²) in [6, 6.07) is 17.0. The normalized spacial score (nSPS) is 16.0. The molecule has 1 fully saturated rings. The first-order valence-corrected chi connectivity index (χ1v) is 10.3. The number of amides is 2. The summed E-state index contributed by atoms with van der Waals surface area (Å²) in [5, 5.41) is 2.40. The number of rotatable bonds is 4. The molecule has 152 valence electrons. The van der Waals surface area contributed by atoms with Gasteiger partial charge in [0.1, 0.15) is 17.0 Å². The number of nitrogens with one attached hydrogen (secondary N) is 1. The lowest BCUT2D eigenvalue weighted by Crippen LogP contribution is -2.28. The highest BCUT2D eigenvalue weighted by molar-refractivity contribution is 8.00.